The van der Waals surface area contributed by atoms with Gasteiger partial charge in [0.1, 0.15) is 6.61 Å². The maximum absolute atomic E-state index is 12.9. The predicted octanol–water partition coefficient (Wildman–Crippen LogP) is 0.513. The van der Waals surface area contributed by atoms with E-state index in [1.54, 1.807) is 16.2 Å². The van der Waals surface area contributed by atoms with E-state index in [2.05, 4.69) is 22.5 Å². The Kier molecular flexibility index (Phi) is 6.02. The average Bonchev–Trinajstić information content (AvgIpc) is 2.99. The minimum atomic E-state index is -0.404. The monoisotopic (exact) mass is 410 g/mol. The van der Waals surface area contributed by atoms with Crippen molar-refractivity contribution < 1.29 is 14.3 Å². The zero-order valence-electron chi connectivity index (χ0n) is 17.1. The highest BCUT2D eigenvalue weighted by Crippen LogP contribution is 2.20. The van der Waals surface area contributed by atoms with Gasteiger partial charge in [0.05, 0.1) is 28.6 Å². The van der Waals surface area contributed by atoms with Gasteiger partial charge in [0.25, 0.3) is 0 Å². The molecule has 1 atom stereocenters. The molecule has 2 aliphatic heterocycles. The minimum absolute atomic E-state index is 0.199. The molecule has 2 saturated heterocycles. The second-order valence-corrected chi connectivity index (χ2v) is 7.84. The van der Waals surface area contributed by atoms with Gasteiger partial charge in [0, 0.05) is 20.0 Å². The number of aromatic nitrogens is 2. The molecular weight excluding hydrogens is 384 g/mol. The lowest BCUT2D eigenvalue weighted by Crippen LogP contribution is -2.43. The van der Waals surface area contributed by atoms with Crippen molar-refractivity contribution in [3.63, 3.8) is 0 Å². The van der Waals surface area contributed by atoms with Gasteiger partial charge >= 0.3 is 5.69 Å². The smallest absolute Gasteiger partial charge is 0.328 e. The van der Waals surface area contributed by atoms with Crippen molar-refractivity contribution in [3.8, 4) is 11.8 Å². The van der Waals surface area contributed by atoms with Gasteiger partial charge in [-0.15, -0.1) is 0 Å². The van der Waals surface area contributed by atoms with Crippen LogP contribution in [0.3, 0.4) is 0 Å². The third kappa shape index (κ3) is 4.18. The fourth-order valence-corrected chi connectivity index (χ4v) is 4.14. The lowest BCUT2D eigenvalue weighted by Gasteiger charge is -2.21. The average molecular weight is 410 g/mol. The van der Waals surface area contributed by atoms with E-state index in [1.165, 1.54) is 0 Å². The molecule has 2 amide bonds. The lowest BCUT2D eigenvalue weighted by molar-refractivity contribution is -0.136. The Balaban J connectivity index is 1.55. The summed E-state index contributed by atoms with van der Waals surface area (Å²) in [4.78, 5) is 36.4. The van der Waals surface area contributed by atoms with Crippen LogP contribution in [0.1, 0.15) is 31.2 Å². The van der Waals surface area contributed by atoms with E-state index in [-0.39, 0.29) is 30.2 Å². The molecule has 4 rings (SSSR count). The second-order valence-electron chi connectivity index (χ2n) is 7.84. The molecule has 1 aromatic heterocycles. The number of para-hydroxylation sites is 1. The van der Waals surface area contributed by atoms with E-state index >= 15 is 0 Å². The van der Waals surface area contributed by atoms with Gasteiger partial charge in [0.15, 0.2) is 0 Å². The number of fused-ring (bicyclic) bond motifs is 1. The van der Waals surface area contributed by atoms with E-state index in [1.807, 2.05) is 18.2 Å². The Morgan fingerprint density at radius 3 is 2.73 bits per heavy atom. The quantitative estimate of drug-likeness (QED) is 0.566. The first-order valence-electron chi connectivity index (χ1n) is 10.4. The number of nitrogens with zero attached hydrogens (tertiary/aromatic N) is 2. The molecule has 0 spiro atoms. The fraction of sp³-hybridized carbons (Fsp3) is 0.500. The first kappa shape index (κ1) is 20.4. The zero-order valence-corrected chi connectivity index (χ0v) is 17.1. The molecular formula is C22H26N4O4. The summed E-state index contributed by atoms with van der Waals surface area (Å²) in [5.41, 5.74) is 2.03. The molecule has 0 bridgehead atoms. The summed E-state index contributed by atoms with van der Waals surface area (Å²) < 4.78 is 9.01. The molecule has 1 aromatic carbocycles. The number of imide groups is 1. The molecule has 2 N–H and O–H groups in total. The SMILES string of the molecule is Cn1c(=O)n(CC2CCC(=O)NC2=O)c2cccc(C#CCOC3CCNCC3)c21. The molecule has 158 valence electrons. The Bertz CT molecular complexity index is 1080. The molecule has 0 radical (unpaired) electrons. The summed E-state index contributed by atoms with van der Waals surface area (Å²) in [5, 5.41) is 5.66. The van der Waals surface area contributed by atoms with E-state index in [9.17, 15) is 14.4 Å². The maximum Gasteiger partial charge on any atom is 0.328 e. The number of rotatable bonds is 4. The number of carbonyl (C=O) groups is 2. The number of piperidine rings is 2. The summed E-state index contributed by atoms with van der Waals surface area (Å²) >= 11 is 0. The van der Waals surface area contributed by atoms with Crippen molar-refractivity contribution in [2.24, 2.45) is 13.0 Å². The van der Waals surface area contributed by atoms with Crippen LogP contribution in [-0.2, 0) is 27.9 Å². The first-order valence-corrected chi connectivity index (χ1v) is 10.4. The molecule has 30 heavy (non-hydrogen) atoms. The van der Waals surface area contributed by atoms with Gasteiger partial charge in [-0.1, -0.05) is 17.9 Å². The van der Waals surface area contributed by atoms with Crippen molar-refractivity contribution in [3.05, 3.63) is 34.2 Å². The minimum Gasteiger partial charge on any atom is -0.365 e. The third-order valence-corrected chi connectivity index (χ3v) is 5.82. The van der Waals surface area contributed by atoms with Crippen LogP contribution in [0.15, 0.2) is 23.0 Å². The van der Waals surface area contributed by atoms with Gasteiger partial charge in [-0.25, -0.2) is 4.79 Å². The normalized spacial score (nSPS) is 20.1. The van der Waals surface area contributed by atoms with E-state index in [0.29, 0.717) is 19.4 Å². The molecule has 0 saturated carbocycles. The van der Waals surface area contributed by atoms with Crippen molar-refractivity contribution in [2.45, 2.75) is 38.3 Å². The van der Waals surface area contributed by atoms with Crippen molar-refractivity contribution in [1.29, 1.82) is 0 Å². The van der Waals surface area contributed by atoms with Gasteiger partial charge in [0.2, 0.25) is 11.8 Å². The van der Waals surface area contributed by atoms with E-state index < -0.39 is 5.92 Å². The second kappa shape index (κ2) is 8.86. The highest BCUT2D eigenvalue weighted by atomic mass is 16.5. The van der Waals surface area contributed by atoms with Crippen LogP contribution in [0.4, 0.5) is 0 Å². The van der Waals surface area contributed by atoms with Crippen LogP contribution in [-0.4, -0.2) is 46.7 Å². The Labute approximate surface area is 174 Å². The van der Waals surface area contributed by atoms with Gasteiger partial charge < -0.3 is 10.1 Å². The number of ether oxygens (including phenoxy) is 1. The number of amides is 2. The highest BCUT2D eigenvalue weighted by Gasteiger charge is 2.28. The lowest BCUT2D eigenvalue weighted by atomic mass is 9.98. The predicted molar refractivity (Wildman–Crippen MR) is 112 cm³/mol. The molecule has 8 nitrogen and oxygen atoms in total. The summed E-state index contributed by atoms with van der Waals surface area (Å²) in [6.07, 6.45) is 2.98. The fourth-order valence-electron chi connectivity index (χ4n) is 4.14. The standard InChI is InChI=1S/C22H26N4O4/c1-25-20-15(5-3-13-30-17-9-11-23-12-10-17)4-2-6-18(20)26(22(25)29)14-16-7-8-19(27)24-21(16)28/h2,4,6,16-17,23H,7-14H2,1H3,(H,24,27,28). The molecule has 2 fully saturated rings. The number of imidazole rings is 1. The largest absolute Gasteiger partial charge is 0.365 e. The van der Waals surface area contributed by atoms with E-state index in [0.717, 1.165) is 42.5 Å². The van der Waals surface area contributed by atoms with Crippen molar-refractivity contribution in [1.82, 2.24) is 19.8 Å². The van der Waals surface area contributed by atoms with Gasteiger partial charge in [-0.3, -0.25) is 24.0 Å². The topological polar surface area (TPSA) is 94.4 Å². The molecule has 0 aliphatic carbocycles. The first-order chi connectivity index (χ1) is 14.5. The van der Waals surface area contributed by atoms with Crippen LogP contribution >= 0.6 is 0 Å². The Morgan fingerprint density at radius 1 is 1.17 bits per heavy atom. The van der Waals surface area contributed by atoms with Crippen LogP contribution < -0.4 is 16.3 Å². The molecule has 1 unspecified atom stereocenters. The van der Waals surface area contributed by atoms with Crippen molar-refractivity contribution >= 4 is 22.8 Å². The summed E-state index contributed by atoms with van der Waals surface area (Å²) in [7, 11) is 1.71. The van der Waals surface area contributed by atoms with Crippen LogP contribution in [0.25, 0.3) is 11.0 Å². The number of hydrogen-bond donors (Lipinski definition) is 2. The number of carbonyl (C=O) groups excluding carboxylic acids is 2. The summed E-state index contributed by atoms with van der Waals surface area (Å²) in [5.74, 6) is 5.23. The van der Waals surface area contributed by atoms with Crippen LogP contribution in [0.5, 0.6) is 0 Å². The summed E-state index contributed by atoms with van der Waals surface area (Å²) in [6, 6.07) is 5.61. The molecule has 8 heteroatoms. The van der Waals surface area contributed by atoms with E-state index in [4.69, 9.17) is 4.74 Å². The number of hydrogen-bond acceptors (Lipinski definition) is 5. The maximum atomic E-state index is 12.9. The van der Waals surface area contributed by atoms with Gasteiger partial charge in [-0.2, -0.15) is 0 Å². The zero-order chi connectivity index (χ0) is 21.1. The van der Waals surface area contributed by atoms with Crippen molar-refractivity contribution in [2.75, 3.05) is 19.7 Å². The van der Waals surface area contributed by atoms with Crippen LogP contribution in [0.2, 0.25) is 0 Å². The number of benzene rings is 1. The number of aryl methyl sites for hydroxylation is 1. The van der Waals surface area contributed by atoms with Gasteiger partial charge in [-0.05, 0) is 44.5 Å². The Morgan fingerprint density at radius 2 is 1.97 bits per heavy atom. The highest BCUT2D eigenvalue weighted by molar-refractivity contribution is 5.98. The third-order valence-electron chi connectivity index (χ3n) is 5.82. The van der Waals surface area contributed by atoms with Crippen LogP contribution in [0, 0.1) is 17.8 Å². The Hall–Kier alpha value is -2.89. The molecule has 2 aliphatic rings. The molecule has 3 heterocycles. The number of nitrogens with one attached hydrogen (secondary N) is 2. The summed E-state index contributed by atoms with van der Waals surface area (Å²) in [6.45, 7) is 2.54. The molecule has 2 aromatic rings.